The second-order valence-corrected chi connectivity index (χ2v) is 7.99. The lowest BCUT2D eigenvalue weighted by Gasteiger charge is -2.21. The molecule has 3 nitrogen and oxygen atoms in total. The smallest absolute Gasteiger partial charge is 0.233 e. The summed E-state index contributed by atoms with van der Waals surface area (Å²) in [4.78, 5) is 0. The van der Waals surface area contributed by atoms with Crippen molar-refractivity contribution in [1.29, 1.82) is 0 Å². The molecule has 0 amide bonds. The highest BCUT2D eigenvalue weighted by molar-refractivity contribution is 9.10. The van der Waals surface area contributed by atoms with Crippen molar-refractivity contribution < 1.29 is 8.42 Å². The molecule has 0 radical (unpaired) electrons. The van der Waals surface area contributed by atoms with Gasteiger partial charge < -0.3 is 0 Å². The first-order valence-electron chi connectivity index (χ1n) is 6.73. The first-order valence-corrected chi connectivity index (χ1v) is 9.17. The number of sulfonamides is 1. The van der Waals surface area contributed by atoms with Crippen LogP contribution in [0.1, 0.15) is 37.7 Å². The third-order valence-corrected chi connectivity index (χ3v) is 5.70. The number of hydrogen-bond acceptors (Lipinski definition) is 2. The number of nitrogens with one attached hydrogen (secondary N) is 1. The van der Waals surface area contributed by atoms with E-state index in [0.717, 1.165) is 35.7 Å². The maximum atomic E-state index is 12.2. The Balaban J connectivity index is 2.05. The SMILES string of the molecule is Cc1ccc(Br)c(NS(=O)(=O)CC2CCCCC2)c1. The topological polar surface area (TPSA) is 46.2 Å². The molecule has 5 heteroatoms. The van der Waals surface area contributed by atoms with Crippen LogP contribution in [0.15, 0.2) is 22.7 Å². The van der Waals surface area contributed by atoms with Crippen LogP contribution in [0, 0.1) is 12.8 Å². The van der Waals surface area contributed by atoms with Gasteiger partial charge in [0, 0.05) is 4.47 Å². The minimum atomic E-state index is -3.25. The highest BCUT2D eigenvalue weighted by atomic mass is 79.9. The predicted octanol–water partition coefficient (Wildman–Crippen LogP) is 4.08. The highest BCUT2D eigenvalue weighted by Gasteiger charge is 2.21. The van der Waals surface area contributed by atoms with E-state index in [2.05, 4.69) is 20.7 Å². The molecule has 106 valence electrons. The Bertz CT molecular complexity index is 536. The maximum absolute atomic E-state index is 12.2. The number of rotatable bonds is 4. The molecule has 0 atom stereocenters. The second kappa shape index (κ2) is 6.27. The first kappa shape index (κ1) is 14.9. The van der Waals surface area contributed by atoms with Crippen LogP contribution in [0.4, 0.5) is 5.69 Å². The monoisotopic (exact) mass is 345 g/mol. The van der Waals surface area contributed by atoms with Crippen molar-refractivity contribution in [1.82, 2.24) is 0 Å². The Morgan fingerprint density at radius 2 is 1.95 bits per heavy atom. The molecular weight excluding hydrogens is 326 g/mol. The molecule has 1 aliphatic carbocycles. The van der Waals surface area contributed by atoms with Crippen molar-refractivity contribution >= 4 is 31.6 Å². The molecule has 0 bridgehead atoms. The zero-order chi connectivity index (χ0) is 13.9. The zero-order valence-corrected chi connectivity index (χ0v) is 13.6. The van der Waals surface area contributed by atoms with Crippen LogP contribution in [0.2, 0.25) is 0 Å². The van der Waals surface area contributed by atoms with Gasteiger partial charge in [0.25, 0.3) is 0 Å². The van der Waals surface area contributed by atoms with Gasteiger partial charge >= 0.3 is 0 Å². The van der Waals surface area contributed by atoms with E-state index in [-0.39, 0.29) is 5.75 Å². The van der Waals surface area contributed by atoms with Crippen molar-refractivity contribution in [3.8, 4) is 0 Å². The Labute approximate surface area is 124 Å². The molecule has 0 aromatic heterocycles. The molecule has 0 spiro atoms. The molecule has 1 N–H and O–H groups in total. The van der Waals surface area contributed by atoms with Gasteiger partial charge in [-0.1, -0.05) is 25.3 Å². The van der Waals surface area contributed by atoms with Gasteiger partial charge in [-0.3, -0.25) is 4.72 Å². The van der Waals surface area contributed by atoms with E-state index in [9.17, 15) is 8.42 Å². The van der Waals surface area contributed by atoms with Gasteiger partial charge in [-0.2, -0.15) is 0 Å². The Kier molecular flexibility index (Phi) is 4.90. The van der Waals surface area contributed by atoms with Crippen LogP contribution in [0.3, 0.4) is 0 Å². The van der Waals surface area contributed by atoms with Gasteiger partial charge in [0.2, 0.25) is 10.0 Å². The van der Waals surface area contributed by atoms with Crippen LogP contribution in [-0.4, -0.2) is 14.2 Å². The van der Waals surface area contributed by atoms with E-state index in [0.29, 0.717) is 11.6 Å². The van der Waals surface area contributed by atoms with Gasteiger partial charge in [0.05, 0.1) is 11.4 Å². The average molecular weight is 346 g/mol. The van der Waals surface area contributed by atoms with E-state index < -0.39 is 10.0 Å². The van der Waals surface area contributed by atoms with E-state index in [1.807, 2.05) is 25.1 Å². The molecule has 2 rings (SSSR count). The minimum absolute atomic E-state index is 0.243. The van der Waals surface area contributed by atoms with E-state index in [1.165, 1.54) is 6.42 Å². The molecule has 1 fully saturated rings. The summed E-state index contributed by atoms with van der Waals surface area (Å²) in [6.07, 6.45) is 5.64. The fourth-order valence-electron chi connectivity index (χ4n) is 2.59. The highest BCUT2D eigenvalue weighted by Crippen LogP contribution is 2.28. The summed E-state index contributed by atoms with van der Waals surface area (Å²) >= 11 is 3.38. The van der Waals surface area contributed by atoms with Crippen LogP contribution in [0.5, 0.6) is 0 Å². The number of hydrogen-bond donors (Lipinski definition) is 1. The van der Waals surface area contributed by atoms with E-state index in [1.54, 1.807) is 0 Å². The van der Waals surface area contributed by atoms with Gasteiger partial charge in [-0.15, -0.1) is 0 Å². The Morgan fingerprint density at radius 3 is 2.63 bits per heavy atom. The summed E-state index contributed by atoms with van der Waals surface area (Å²) < 4.78 is 27.9. The summed E-state index contributed by atoms with van der Waals surface area (Å²) in [5, 5.41) is 0. The van der Waals surface area contributed by atoms with Gasteiger partial charge in [-0.25, -0.2) is 8.42 Å². The lowest BCUT2D eigenvalue weighted by molar-refractivity contribution is 0.385. The number of benzene rings is 1. The predicted molar refractivity (Wildman–Crippen MR) is 82.9 cm³/mol. The molecule has 0 unspecified atom stereocenters. The summed E-state index contributed by atoms with van der Waals surface area (Å²) in [5.41, 5.74) is 1.68. The van der Waals surface area contributed by atoms with Crippen LogP contribution in [0.25, 0.3) is 0 Å². The number of anilines is 1. The van der Waals surface area contributed by atoms with Crippen molar-refractivity contribution in [3.05, 3.63) is 28.2 Å². The third kappa shape index (κ3) is 4.49. The minimum Gasteiger partial charge on any atom is -0.282 e. The fraction of sp³-hybridized carbons (Fsp3) is 0.571. The molecular formula is C14H20BrNO2S. The molecule has 1 aromatic rings. The number of aryl methyl sites for hydroxylation is 1. The standard InChI is InChI=1S/C14H20BrNO2S/c1-11-7-8-13(15)14(9-11)16-19(17,18)10-12-5-3-2-4-6-12/h7-9,12,16H,2-6,10H2,1H3. The van der Waals surface area contributed by atoms with Gasteiger partial charge in [0.15, 0.2) is 0 Å². The molecule has 1 aliphatic rings. The molecule has 1 aromatic carbocycles. The lowest BCUT2D eigenvalue weighted by atomic mass is 9.91. The third-order valence-electron chi connectivity index (χ3n) is 3.57. The average Bonchev–Trinajstić information content (AvgIpc) is 2.34. The Hall–Kier alpha value is -0.550. The number of halogens is 1. The van der Waals surface area contributed by atoms with Crippen LogP contribution < -0.4 is 4.72 Å². The van der Waals surface area contributed by atoms with E-state index >= 15 is 0 Å². The fourth-order valence-corrected chi connectivity index (χ4v) is 4.61. The summed E-state index contributed by atoms with van der Waals surface area (Å²) in [6, 6.07) is 5.67. The summed E-state index contributed by atoms with van der Waals surface area (Å²) in [5.74, 6) is 0.558. The molecule has 1 saturated carbocycles. The molecule has 0 heterocycles. The van der Waals surface area contributed by atoms with Crippen molar-refractivity contribution in [2.75, 3.05) is 10.5 Å². The van der Waals surface area contributed by atoms with Crippen molar-refractivity contribution in [2.24, 2.45) is 5.92 Å². The van der Waals surface area contributed by atoms with Crippen LogP contribution >= 0.6 is 15.9 Å². The lowest BCUT2D eigenvalue weighted by Crippen LogP contribution is -2.24. The summed E-state index contributed by atoms with van der Waals surface area (Å²) in [7, 11) is -3.25. The molecule has 0 saturated heterocycles. The van der Waals surface area contributed by atoms with Crippen molar-refractivity contribution in [2.45, 2.75) is 39.0 Å². The maximum Gasteiger partial charge on any atom is 0.233 e. The van der Waals surface area contributed by atoms with Gasteiger partial charge in [0.1, 0.15) is 0 Å². The first-order chi connectivity index (χ1) is 8.96. The van der Waals surface area contributed by atoms with Crippen LogP contribution in [-0.2, 0) is 10.0 Å². The zero-order valence-electron chi connectivity index (χ0n) is 11.2. The summed E-state index contributed by atoms with van der Waals surface area (Å²) in [6.45, 7) is 1.95. The quantitative estimate of drug-likeness (QED) is 0.893. The van der Waals surface area contributed by atoms with Crippen molar-refractivity contribution in [3.63, 3.8) is 0 Å². The molecule has 19 heavy (non-hydrogen) atoms. The largest absolute Gasteiger partial charge is 0.282 e. The Morgan fingerprint density at radius 1 is 1.26 bits per heavy atom. The molecule has 0 aliphatic heterocycles. The van der Waals surface area contributed by atoms with Gasteiger partial charge in [-0.05, 0) is 59.3 Å². The normalized spacial score (nSPS) is 17.4. The second-order valence-electron chi connectivity index (χ2n) is 5.37. The van der Waals surface area contributed by atoms with E-state index in [4.69, 9.17) is 0 Å².